The lowest BCUT2D eigenvalue weighted by atomic mass is 10.0. The van der Waals surface area contributed by atoms with Crippen molar-refractivity contribution in [2.24, 2.45) is 11.1 Å². The molecule has 1 aromatic rings. The highest BCUT2D eigenvalue weighted by atomic mass is 32.2. The number of aliphatic carboxylic acids is 1. The minimum Gasteiger partial charge on any atom is -0.480 e. The highest BCUT2D eigenvalue weighted by Gasteiger charge is 2.19. The minimum absolute atomic E-state index is 0.0588. The number of carbonyl (C=O) groups excluding carboxylic acids is 1. The van der Waals surface area contributed by atoms with E-state index in [0.29, 0.717) is 12.1 Å². The topological polar surface area (TPSA) is 139 Å². The van der Waals surface area contributed by atoms with Gasteiger partial charge < -0.3 is 10.4 Å². The molecular formula is C14H21N3O5S. The summed E-state index contributed by atoms with van der Waals surface area (Å²) < 4.78 is 22.2. The van der Waals surface area contributed by atoms with Crippen molar-refractivity contribution in [3.63, 3.8) is 0 Å². The van der Waals surface area contributed by atoms with E-state index in [0.717, 1.165) is 0 Å². The normalized spacial score (nSPS) is 12.9. The maximum absolute atomic E-state index is 11.8. The summed E-state index contributed by atoms with van der Waals surface area (Å²) in [6.07, 6.45) is 0.408. The molecule has 0 radical (unpaired) electrons. The average Bonchev–Trinajstić information content (AvgIpc) is 2.42. The van der Waals surface area contributed by atoms with Gasteiger partial charge in [-0.25, -0.2) is 13.6 Å². The second kappa shape index (κ2) is 8.04. The lowest BCUT2D eigenvalue weighted by Crippen LogP contribution is -2.42. The van der Waals surface area contributed by atoms with Gasteiger partial charge in [0.2, 0.25) is 15.9 Å². The van der Waals surface area contributed by atoms with Crippen molar-refractivity contribution in [3.05, 3.63) is 24.3 Å². The highest BCUT2D eigenvalue weighted by molar-refractivity contribution is 7.89. The summed E-state index contributed by atoms with van der Waals surface area (Å²) >= 11 is 0. The van der Waals surface area contributed by atoms with Gasteiger partial charge in [-0.05, 0) is 36.6 Å². The molecule has 1 aromatic carbocycles. The largest absolute Gasteiger partial charge is 0.480 e. The van der Waals surface area contributed by atoms with Crippen molar-refractivity contribution in [2.45, 2.75) is 31.2 Å². The number of anilines is 1. The molecule has 0 aliphatic heterocycles. The lowest BCUT2D eigenvalue weighted by molar-refractivity contribution is -0.139. The van der Waals surface area contributed by atoms with E-state index < -0.39 is 27.9 Å². The van der Waals surface area contributed by atoms with Crippen LogP contribution in [-0.2, 0) is 19.6 Å². The second-order valence-corrected chi connectivity index (χ2v) is 7.08. The van der Waals surface area contributed by atoms with E-state index in [2.05, 4.69) is 10.6 Å². The van der Waals surface area contributed by atoms with Crippen molar-refractivity contribution in [2.75, 3.05) is 11.9 Å². The number of sulfonamides is 1. The van der Waals surface area contributed by atoms with E-state index in [1.54, 1.807) is 0 Å². The number of nitrogens with two attached hydrogens (primary N) is 1. The van der Waals surface area contributed by atoms with Crippen LogP contribution in [0.15, 0.2) is 29.2 Å². The van der Waals surface area contributed by atoms with E-state index >= 15 is 0 Å². The number of carboxylic acids is 1. The first-order chi connectivity index (χ1) is 10.6. The van der Waals surface area contributed by atoms with Gasteiger partial charge in [-0.15, -0.1) is 0 Å². The number of carboxylic acid groups (broad SMARTS) is 1. The molecule has 0 aliphatic carbocycles. The lowest BCUT2D eigenvalue weighted by Gasteiger charge is -2.16. The molecule has 8 nitrogen and oxygen atoms in total. The first kappa shape index (κ1) is 19.1. The van der Waals surface area contributed by atoms with Crippen LogP contribution in [-0.4, -0.2) is 38.0 Å². The van der Waals surface area contributed by atoms with Crippen LogP contribution < -0.4 is 15.8 Å². The minimum atomic E-state index is -3.78. The quantitative estimate of drug-likeness (QED) is 0.537. The fourth-order valence-electron chi connectivity index (χ4n) is 1.89. The molecule has 0 bridgehead atoms. The third-order valence-electron chi connectivity index (χ3n) is 2.98. The van der Waals surface area contributed by atoms with Crippen molar-refractivity contribution >= 4 is 27.6 Å². The Morgan fingerprint density at radius 3 is 2.22 bits per heavy atom. The molecule has 5 N–H and O–H groups in total. The number of rotatable bonds is 8. The van der Waals surface area contributed by atoms with Gasteiger partial charge in [0.25, 0.3) is 0 Å². The maximum atomic E-state index is 11.8. The molecule has 128 valence electrons. The fraction of sp³-hybridized carbons (Fsp3) is 0.429. The molecule has 0 heterocycles. The molecule has 1 rings (SSSR count). The van der Waals surface area contributed by atoms with E-state index in [-0.39, 0.29) is 17.4 Å². The van der Waals surface area contributed by atoms with Crippen LogP contribution in [0.4, 0.5) is 5.69 Å². The molecule has 0 aliphatic rings. The van der Waals surface area contributed by atoms with Crippen molar-refractivity contribution < 1.29 is 23.1 Å². The van der Waals surface area contributed by atoms with E-state index in [9.17, 15) is 18.0 Å². The Labute approximate surface area is 135 Å². The summed E-state index contributed by atoms with van der Waals surface area (Å²) in [5, 5.41) is 19.3. The van der Waals surface area contributed by atoms with Crippen LogP contribution in [0.2, 0.25) is 0 Å². The van der Waals surface area contributed by atoms with Gasteiger partial charge in [0, 0.05) is 5.69 Å². The first-order valence-electron chi connectivity index (χ1n) is 6.98. The molecule has 1 amide bonds. The molecule has 1 atom stereocenters. The molecule has 0 spiro atoms. The Kier molecular flexibility index (Phi) is 6.67. The van der Waals surface area contributed by atoms with Gasteiger partial charge in [-0.1, -0.05) is 13.8 Å². The third kappa shape index (κ3) is 6.76. The zero-order valence-electron chi connectivity index (χ0n) is 12.9. The Bertz CT molecular complexity index is 655. The highest BCUT2D eigenvalue weighted by Crippen LogP contribution is 2.12. The summed E-state index contributed by atoms with van der Waals surface area (Å²) in [4.78, 5) is 22.8. The number of hydrogen-bond acceptors (Lipinski definition) is 5. The predicted molar refractivity (Wildman–Crippen MR) is 85.3 cm³/mol. The van der Waals surface area contributed by atoms with E-state index in [1.165, 1.54) is 24.3 Å². The van der Waals surface area contributed by atoms with Gasteiger partial charge in [0.1, 0.15) is 6.04 Å². The Hall–Kier alpha value is -1.97. The molecule has 0 fully saturated rings. The molecule has 0 saturated carbocycles. The van der Waals surface area contributed by atoms with Gasteiger partial charge in [-0.3, -0.25) is 14.9 Å². The number of hydrogen-bond donors (Lipinski definition) is 4. The molecule has 0 aromatic heterocycles. The third-order valence-corrected chi connectivity index (χ3v) is 3.91. The predicted octanol–water partition coefficient (Wildman–Crippen LogP) is 0.361. The molecule has 0 saturated heterocycles. The van der Waals surface area contributed by atoms with Gasteiger partial charge in [-0.2, -0.15) is 0 Å². The summed E-state index contributed by atoms with van der Waals surface area (Å²) in [5.74, 6) is -1.26. The molecular weight excluding hydrogens is 322 g/mol. The Balaban J connectivity index is 2.58. The summed E-state index contributed by atoms with van der Waals surface area (Å²) in [5.41, 5.74) is 0.389. The second-order valence-electron chi connectivity index (χ2n) is 5.52. The van der Waals surface area contributed by atoms with Crippen molar-refractivity contribution in [3.8, 4) is 0 Å². The SMILES string of the molecule is CC(C)C[C@H](NCC(=O)Nc1ccc(S(N)(=O)=O)cc1)C(=O)O. The maximum Gasteiger partial charge on any atom is 0.320 e. The van der Waals surface area contributed by atoms with Crippen LogP contribution in [0.25, 0.3) is 0 Å². The number of benzene rings is 1. The molecule has 0 unspecified atom stereocenters. The Morgan fingerprint density at radius 2 is 1.78 bits per heavy atom. The number of carbonyl (C=O) groups is 2. The number of primary sulfonamides is 1. The first-order valence-corrected chi connectivity index (χ1v) is 8.53. The number of amides is 1. The molecule has 23 heavy (non-hydrogen) atoms. The zero-order chi connectivity index (χ0) is 17.6. The van der Waals surface area contributed by atoms with Crippen LogP contribution in [0.3, 0.4) is 0 Å². The number of nitrogens with one attached hydrogen (secondary N) is 2. The van der Waals surface area contributed by atoms with Gasteiger partial charge in [0.15, 0.2) is 0 Å². The zero-order valence-corrected chi connectivity index (χ0v) is 13.8. The van der Waals surface area contributed by atoms with Gasteiger partial charge >= 0.3 is 5.97 Å². The molecule has 9 heteroatoms. The summed E-state index contributed by atoms with van der Waals surface area (Å²) in [6.45, 7) is 3.62. The van der Waals surface area contributed by atoms with E-state index in [1.807, 2.05) is 13.8 Å². The summed E-state index contributed by atoms with van der Waals surface area (Å²) in [6, 6.07) is 4.56. The fourth-order valence-corrected chi connectivity index (χ4v) is 2.41. The van der Waals surface area contributed by atoms with Crippen LogP contribution in [0.1, 0.15) is 20.3 Å². The standard InChI is InChI=1S/C14H21N3O5S/c1-9(2)7-12(14(19)20)16-8-13(18)17-10-3-5-11(6-4-10)23(15,21)22/h3-6,9,12,16H,7-8H2,1-2H3,(H,17,18)(H,19,20)(H2,15,21,22)/t12-/m0/s1. The summed E-state index contributed by atoms with van der Waals surface area (Å²) in [7, 11) is -3.78. The smallest absolute Gasteiger partial charge is 0.320 e. The van der Waals surface area contributed by atoms with E-state index in [4.69, 9.17) is 10.2 Å². The van der Waals surface area contributed by atoms with Crippen molar-refractivity contribution in [1.29, 1.82) is 0 Å². The van der Waals surface area contributed by atoms with Crippen LogP contribution >= 0.6 is 0 Å². The van der Waals surface area contributed by atoms with Crippen LogP contribution in [0.5, 0.6) is 0 Å². The Morgan fingerprint density at radius 1 is 1.22 bits per heavy atom. The van der Waals surface area contributed by atoms with Crippen LogP contribution in [0, 0.1) is 5.92 Å². The monoisotopic (exact) mass is 343 g/mol. The average molecular weight is 343 g/mol. The van der Waals surface area contributed by atoms with Crippen molar-refractivity contribution in [1.82, 2.24) is 5.32 Å². The van der Waals surface area contributed by atoms with Gasteiger partial charge in [0.05, 0.1) is 11.4 Å².